The highest BCUT2D eigenvalue weighted by Crippen LogP contribution is 2.54. The Bertz CT molecular complexity index is 1320. The Morgan fingerprint density at radius 3 is 2.21 bits per heavy atom. The third-order valence-electron chi connectivity index (χ3n) is 6.38. The van der Waals surface area contributed by atoms with E-state index in [4.69, 9.17) is 11.3 Å². The van der Waals surface area contributed by atoms with Crippen molar-refractivity contribution in [1.29, 1.82) is 5.26 Å². The standard InChI is InChI=1S/C26H20N4O3/c1-18-4-3-5-20(14-18)26(32)25(16-33-17-25)29(22-10-6-19(15-27)7-11-22)24(31)30(26)23-12-8-21(28-2)9-13-23/h3-14,32H,16-17H2,1H3. The average Bonchev–Trinajstić information content (AvgIpc) is 3.03. The number of urea groups is 1. The van der Waals surface area contributed by atoms with Crippen molar-refractivity contribution >= 4 is 23.1 Å². The van der Waals surface area contributed by atoms with Gasteiger partial charge in [-0.1, -0.05) is 42.0 Å². The lowest BCUT2D eigenvalue weighted by molar-refractivity contribution is -0.153. The van der Waals surface area contributed by atoms with Crippen molar-refractivity contribution in [2.24, 2.45) is 0 Å². The van der Waals surface area contributed by atoms with E-state index in [1.807, 2.05) is 31.2 Å². The quantitative estimate of drug-likeness (QED) is 0.614. The van der Waals surface area contributed by atoms with Crippen molar-refractivity contribution in [3.05, 3.63) is 101 Å². The van der Waals surface area contributed by atoms with E-state index in [9.17, 15) is 15.2 Å². The molecule has 2 aliphatic heterocycles. The van der Waals surface area contributed by atoms with Gasteiger partial charge in [-0.15, -0.1) is 0 Å². The molecule has 0 bridgehead atoms. The summed E-state index contributed by atoms with van der Waals surface area (Å²) in [5.41, 5.74) is 0.660. The topological polar surface area (TPSA) is 81.2 Å². The highest BCUT2D eigenvalue weighted by atomic mass is 16.5. The zero-order valence-corrected chi connectivity index (χ0v) is 17.9. The number of amides is 2. The number of hydrogen-bond donors (Lipinski definition) is 1. The molecular formula is C26H20N4O3. The van der Waals surface area contributed by atoms with Crippen molar-refractivity contribution < 1.29 is 14.6 Å². The molecule has 1 atom stereocenters. The van der Waals surface area contributed by atoms with Crippen molar-refractivity contribution in [2.75, 3.05) is 23.0 Å². The lowest BCUT2D eigenvalue weighted by atomic mass is 9.78. The lowest BCUT2D eigenvalue weighted by Crippen LogP contribution is -2.70. The summed E-state index contributed by atoms with van der Waals surface area (Å²) in [7, 11) is 0. The Morgan fingerprint density at radius 1 is 1.03 bits per heavy atom. The van der Waals surface area contributed by atoms with Crippen LogP contribution in [0.4, 0.5) is 21.9 Å². The molecule has 5 rings (SSSR count). The number of carbonyl (C=O) groups is 1. The van der Waals surface area contributed by atoms with Gasteiger partial charge in [0.05, 0.1) is 31.4 Å². The van der Waals surface area contributed by atoms with Gasteiger partial charge in [-0.3, -0.25) is 9.80 Å². The average molecular weight is 436 g/mol. The molecule has 3 aromatic rings. The first-order valence-electron chi connectivity index (χ1n) is 10.4. The van der Waals surface area contributed by atoms with Crippen LogP contribution < -0.4 is 9.80 Å². The molecule has 0 saturated carbocycles. The highest BCUT2D eigenvalue weighted by molar-refractivity contribution is 6.10. The number of aryl methyl sites for hydroxylation is 1. The summed E-state index contributed by atoms with van der Waals surface area (Å²) >= 11 is 0. The normalized spacial score (nSPS) is 20.9. The lowest BCUT2D eigenvalue weighted by Gasteiger charge is -2.51. The molecule has 2 aliphatic rings. The van der Waals surface area contributed by atoms with Crippen LogP contribution in [0.25, 0.3) is 4.85 Å². The monoisotopic (exact) mass is 436 g/mol. The maximum atomic E-state index is 14.0. The summed E-state index contributed by atoms with van der Waals surface area (Å²) < 4.78 is 5.60. The minimum absolute atomic E-state index is 0.139. The largest absolute Gasteiger partial charge is 0.376 e. The Hall–Kier alpha value is -4.17. The van der Waals surface area contributed by atoms with E-state index in [0.717, 1.165) is 5.56 Å². The van der Waals surface area contributed by atoms with Gasteiger partial charge in [-0.05, 0) is 43.3 Å². The number of anilines is 2. The Kier molecular flexibility index (Phi) is 4.68. The van der Waals surface area contributed by atoms with Crippen LogP contribution in [-0.4, -0.2) is 29.9 Å². The maximum Gasteiger partial charge on any atom is 0.332 e. The van der Waals surface area contributed by atoms with Crippen LogP contribution in [0.15, 0.2) is 72.8 Å². The molecule has 1 spiro atoms. The van der Waals surface area contributed by atoms with E-state index >= 15 is 0 Å². The van der Waals surface area contributed by atoms with E-state index in [1.54, 1.807) is 53.4 Å². The summed E-state index contributed by atoms with van der Waals surface area (Å²) in [5, 5.41) is 21.6. The van der Waals surface area contributed by atoms with Crippen LogP contribution in [0.1, 0.15) is 16.7 Å². The van der Waals surface area contributed by atoms with Crippen LogP contribution >= 0.6 is 0 Å². The van der Waals surface area contributed by atoms with E-state index in [1.165, 1.54) is 4.90 Å². The minimum Gasteiger partial charge on any atom is -0.376 e. The number of hydrogen-bond acceptors (Lipinski definition) is 4. The fourth-order valence-electron chi connectivity index (χ4n) is 4.69. The summed E-state index contributed by atoms with van der Waals surface area (Å²) in [6.07, 6.45) is 0. The smallest absolute Gasteiger partial charge is 0.332 e. The van der Waals surface area contributed by atoms with Gasteiger partial charge < -0.3 is 9.84 Å². The zero-order valence-electron chi connectivity index (χ0n) is 17.9. The van der Waals surface area contributed by atoms with Gasteiger partial charge in [0.1, 0.15) is 5.54 Å². The van der Waals surface area contributed by atoms with Gasteiger partial charge in [0.15, 0.2) is 5.69 Å². The molecule has 2 heterocycles. The predicted molar refractivity (Wildman–Crippen MR) is 123 cm³/mol. The number of nitriles is 1. The van der Waals surface area contributed by atoms with Crippen molar-refractivity contribution in [3.8, 4) is 6.07 Å². The van der Waals surface area contributed by atoms with Gasteiger partial charge in [0.2, 0.25) is 5.72 Å². The van der Waals surface area contributed by atoms with Crippen LogP contribution in [0.2, 0.25) is 0 Å². The second-order valence-electron chi connectivity index (χ2n) is 8.31. The number of nitrogens with zero attached hydrogens (tertiary/aromatic N) is 4. The van der Waals surface area contributed by atoms with Gasteiger partial charge in [0.25, 0.3) is 0 Å². The molecule has 3 aromatic carbocycles. The molecule has 2 saturated heterocycles. The second kappa shape index (κ2) is 7.46. The van der Waals surface area contributed by atoms with Crippen LogP contribution in [0.5, 0.6) is 0 Å². The fourth-order valence-corrected chi connectivity index (χ4v) is 4.69. The van der Waals surface area contributed by atoms with Crippen molar-refractivity contribution in [1.82, 2.24) is 0 Å². The SMILES string of the molecule is [C-]#[N+]c1ccc(N2C(=O)N(c3ccc(C#N)cc3)C3(COC3)C2(O)c2cccc(C)c2)cc1. The van der Waals surface area contributed by atoms with Crippen LogP contribution in [0, 0.1) is 24.8 Å². The molecule has 2 amide bonds. The van der Waals surface area contributed by atoms with Gasteiger partial charge in [-0.25, -0.2) is 9.64 Å². The van der Waals surface area contributed by atoms with Crippen molar-refractivity contribution in [3.63, 3.8) is 0 Å². The van der Waals surface area contributed by atoms with E-state index in [2.05, 4.69) is 10.9 Å². The fraction of sp³-hybridized carbons (Fsp3) is 0.192. The maximum absolute atomic E-state index is 14.0. The number of ether oxygens (including phenoxy) is 1. The molecule has 33 heavy (non-hydrogen) atoms. The van der Waals surface area contributed by atoms with Crippen molar-refractivity contribution in [2.45, 2.75) is 18.2 Å². The van der Waals surface area contributed by atoms with Gasteiger partial charge in [0, 0.05) is 16.9 Å². The molecule has 2 fully saturated rings. The van der Waals surface area contributed by atoms with E-state index in [-0.39, 0.29) is 13.2 Å². The molecule has 1 unspecified atom stereocenters. The first kappa shape index (κ1) is 20.7. The summed E-state index contributed by atoms with van der Waals surface area (Å²) in [5.74, 6) is 0. The highest BCUT2D eigenvalue weighted by Gasteiger charge is 2.72. The summed E-state index contributed by atoms with van der Waals surface area (Å²) in [6.45, 7) is 9.44. The third-order valence-corrected chi connectivity index (χ3v) is 6.38. The predicted octanol–water partition coefficient (Wildman–Crippen LogP) is 4.48. The molecular weight excluding hydrogens is 416 g/mol. The number of benzene rings is 3. The Morgan fingerprint density at radius 2 is 1.67 bits per heavy atom. The summed E-state index contributed by atoms with van der Waals surface area (Å²) in [6, 6.07) is 22.4. The number of rotatable bonds is 3. The first-order chi connectivity index (χ1) is 15.9. The Balaban J connectivity index is 1.74. The minimum atomic E-state index is -1.73. The van der Waals surface area contributed by atoms with Crippen LogP contribution in [0.3, 0.4) is 0 Å². The van der Waals surface area contributed by atoms with E-state index < -0.39 is 17.3 Å². The summed E-state index contributed by atoms with van der Waals surface area (Å²) in [4.78, 5) is 20.4. The number of aliphatic hydroxyl groups is 1. The molecule has 1 N–H and O–H groups in total. The van der Waals surface area contributed by atoms with Gasteiger partial charge >= 0.3 is 6.03 Å². The Labute approximate surface area is 191 Å². The second-order valence-corrected chi connectivity index (χ2v) is 8.31. The molecule has 0 aliphatic carbocycles. The first-order valence-corrected chi connectivity index (χ1v) is 10.4. The van der Waals surface area contributed by atoms with Crippen LogP contribution in [-0.2, 0) is 10.5 Å². The molecule has 7 nitrogen and oxygen atoms in total. The molecule has 0 aromatic heterocycles. The number of carbonyl (C=O) groups excluding carboxylic acids is 1. The zero-order chi connectivity index (χ0) is 23.2. The van der Waals surface area contributed by atoms with E-state index in [0.29, 0.717) is 28.2 Å². The molecule has 7 heteroatoms. The third kappa shape index (κ3) is 2.84. The van der Waals surface area contributed by atoms with Gasteiger partial charge in [-0.2, -0.15) is 5.26 Å². The molecule has 162 valence electrons. The molecule has 0 radical (unpaired) electrons.